The van der Waals surface area contributed by atoms with Crippen molar-refractivity contribution in [1.29, 1.82) is 0 Å². The summed E-state index contributed by atoms with van der Waals surface area (Å²) in [5.41, 5.74) is 1.30. The lowest BCUT2D eigenvalue weighted by Gasteiger charge is -2.47. The third-order valence-electron chi connectivity index (χ3n) is 8.38. The van der Waals surface area contributed by atoms with E-state index in [1.165, 1.54) is 6.33 Å². The Morgan fingerprint density at radius 1 is 1.13 bits per heavy atom. The summed E-state index contributed by atoms with van der Waals surface area (Å²) in [6.07, 6.45) is 0.533. The molecule has 3 aliphatic heterocycles. The minimum atomic E-state index is -2.60. The third-order valence-corrected chi connectivity index (χ3v) is 8.69. The zero-order valence-electron chi connectivity index (χ0n) is 21.5. The molecule has 10 heteroatoms. The Balaban J connectivity index is 1.33. The minimum absolute atomic E-state index is 0.139. The number of fused-ring (bicyclic) bond motifs is 2. The fourth-order valence-corrected chi connectivity index (χ4v) is 6.64. The maximum atomic E-state index is 14.8. The third kappa shape index (κ3) is 4.49. The summed E-state index contributed by atoms with van der Waals surface area (Å²) in [5, 5.41) is 9.14. The van der Waals surface area contributed by atoms with Crippen molar-refractivity contribution in [1.82, 2.24) is 25.5 Å². The Labute approximate surface area is 226 Å². The van der Waals surface area contributed by atoms with Crippen LogP contribution in [0, 0.1) is 0 Å². The molecule has 3 atom stereocenters. The number of hydrogen-bond acceptors (Lipinski definition) is 7. The first-order chi connectivity index (χ1) is 18.5. The van der Waals surface area contributed by atoms with Crippen LogP contribution in [0.3, 0.4) is 0 Å². The van der Waals surface area contributed by atoms with Crippen LogP contribution in [-0.4, -0.2) is 78.7 Å². The lowest BCUT2D eigenvalue weighted by atomic mass is 9.85. The molecule has 4 heterocycles. The average Bonchev–Trinajstić information content (AvgIpc) is 3.36. The maximum Gasteiger partial charge on any atom is 0.261 e. The molecule has 0 saturated carbocycles. The van der Waals surface area contributed by atoms with Gasteiger partial charge in [-0.2, -0.15) is 0 Å². The predicted molar refractivity (Wildman–Crippen MR) is 145 cm³/mol. The highest BCUT2D eigenvalue weighted by Gasteiger charge is 2.54. The molecule has 2 saturated heterocycles. The van der Waals surface area contributed by atoms with Crippen LogP contribution in [0.5, 0.6) is 5.88 Å². The van der Waals surface area contributed by atoms with Gasteiger partial charge in [-0.25, -0.2) is 18.7 Å². The van der Waals surface area contributed by atoms with Crippen LogP contribution in [0.4, 0.5) is 14.5 Å². The topological polar surface area (TPSA) is 65.5 Å². The van der Waals surface area contributed by atoms with Crippen LogP contribution in [0.1, 0.15) is 24.1 Å². The molecule has 38 heavy (non-hydrogen) atoms. The zero-order chi connectivity index (χ0) is 26.3. The van der Waals surface area contributed by atoms with E-state index in [1.54, 1.807) is 0 Å². The normalized spacial score (nSPS) is 25.1. The van der Waals surface area contributed by atoms with E-state index in [0.29, 0.717) is 37.0 Å². The highest BCUT2D eigenvalue weighted by molar-refractivity contribution is 6.36. The number of rotatable bonds is 6. The molecular weight excluding hydrogens is 510 g/mol. The van der Waals surface area contributed by atoms with Gasteiger partial charge in [-0.3, -0.25) is 4.90 Å². The van der Waals surface area contributed by atoms with Gasteiger partial charge in [-0.05, 0) is 50.4 Å². The molecule has 2 fully saturated rings. The number of anilines is 1. The van der Waals surface area contributed by atoms with Gasteiger partial charge in [0.1, 0.15) is 18.0 Å². The molecule has 3 aromatic rings. The number of aromatic nitrogens is 2. The Kier molecular flexibility index (Phi) is 7.11. The number of piperazine rings is 1. The second-order valence-electron chi connectivity index (χ2n) is 10.6. The Morgan fingerprint density at radius 3 is 2.71 bits per heavy atom. The summed E-state index contributed by atoms with van der Waals surface area (Å²) in [6, 6.07) is 12.0. The van der Waals surface area contributed by atoms with E-state index in [-0.39, 0.29) is 12.6 Å². The molecule has 0 spiro atoms. The number of ether oxygens (including phenoxy) is 1. The van der Waals surface area contributed by atoms with Crippen LogP contribution in [0.25, 0.3) is 10.8 Å². The lowest BCUT2D eigenvalue weighted by Crippen LogP contribution is -2.73. The predicted octanol–water partition coefficient (Wildman–Crippen LogP) is 3.88. The van der Waals surface area contributed by atoms with Gasteiger partial charge in [-0.1, -0.05) is 35.9 Å². The molecule has 1 unspecified atom stereocenters. The van der Waals surface area contributed by atoms with Crippen LogP contribution < -0.4 is 20.3 Å². The van der Waals surface area contributed by atoms with Crippen molar-refractivity contribution >= 4 is 28.1 Å². The molecule has 1 aromatic heterocycles. The van der Waals surface area contributed by atoms with Crippen molar-refractivity contribution in [3.05, 3.63) is 59.0 Å². The van der Waals surface area contributed by atoms with Crippen LogP contribution in [0.2, 0.25) is 5.02 Å². The van der Waals surface area contributed by atoms with Gasteiger partial charge < -0.3 is 20.3 Å². The van der Waals surface area contributed by atoms with E-state index in [9.17, 15) is 8.78 Å². The molecule has 0 radical (unpaired) electrons. The fourth-order valence-electron chi connectivity index (χ4n) is 6.36. The van der Waals surface area contributed by atoms with Crippen molar-refractivity contribution < 1.29 is 13.5 Å². The van der Waals surface area contributed by atoms with E-state index >= 15 is 0 Å². The first-order valence-electron chi connectivity index (χ1n) is 13.3. The van der Waals surface area contributed by atoms with Crippen molar-refractivity contribution in [2.75, 3.05) is 44.7 Å². The van der Waals surface area contributed by atoms with Crippen molar-refractivity contribution in [3.63, 3.8) is 0 Å². The van der Waals surface area contributed by atoms with Crippen molar-refractivity contribution in [3.8, 4) is 5.88 Å². The summed E-state index contributed by atoms with van der Waals surface area (Å²) in [5.74, 6) is 0.420. The second kappa shape index (κ2) is 10.5. The molecule has 2 N–H and O–H groups in total. The van der Waals surface area contributed by atoms with Gasteiger partial charge in [-0.15, -0.1) is 0 Å². The molecule has 202 valence electrons. The Bertz CT molecular complexity index is 1300. The highest BCUT2D eigenvalue weighted by Crippen LogP contribution is 2.38. The van der Waals surface area contributed by atoms with Gasteiger partial charge in [0.25, 0.3) is 6.43 Å². The molecule has 2 aromatic carbocycles. The molecule has 7 nitrogen and oxygen atoms in total. The summed E-state index contributed by atoms with van der Waals surface area (Å²) < 4.78 is 36.2. The quantitative estimate of drug-likeness (QED) is 0.490. The molecule has 0 bridgehead atoms. The van der Waals surface area contributed by atoms with Crippen LogP contribution in [-0.2, 0) is 13.0 Å². The fraction of sp³-hybridized carbons (Fsp3) is 0.500. The first-order valence-corrected chi connectivity index (χ1v) is 13.7. The van der Waals surface area contributed by atoms with E-state index in [0.717, 1.165) is 53.6 Å². The molecule has 0 amide bonds. The van der Waals surface area contributed by atoms with Crippen molar-refractivity contribution in [2.45, 2.75) is 49.9 Å². The van der Waals surface area contributed by atoms with E-state index < -0.39 is 18.1 Å². The Hall–Kier alpha value is -2.59. The van der Waals surface area contributed by atoms with Gasteiger partial charge in [0.05, 0.1) is 17.3 Å². The molecule has 0 aliphatic carbocycles. The van der Waals surface area contributed by atoms with Crippen molar-refractivity contribution in [2.24, 2.45) is 0 Å². The minimum Gasteiger partial charge on any atom is -0.470 e. The lowest BCUT2D eigenvalue weighted by molar-refractivity contribution is -0.0727. The summed E-state index contributed by atoms with van der Waals surface area (Å²) in [7, 11) is 1.99. The molecule has 6 rings (SSSR count). The number of nitrogens with zero attached hydrogens (tertiary/aromatic N) is 4. The number of alkyl halides is 2. The second-order valence-corrected chi connectivity index (χ2v) is 11.0. The van der Waals surface area contributed by atoms with Crippen LogP contribution >= 0.6 is 11.6 Å². The number of halogens is 3. The van der Waals surface area contributed by atoms with Crippen LogP contribution in [0.15, 0.2) is 42.7 Å². The van der Waals surface area contributed by atoms with E-state index in [1.807, 2.05) is 25.2 Å². The van der Waals surface area contributed by atoms with Gasteiger partial charge in [0.2, 0.25) is 5.88 Å². The maximum absolute atomic E-state index is 14.8. The first kappa shape index (κ1) is 25.7. The number of nitrogens with one attached hydrogen (secondary N) is 2. The highest BCUT2D eigenvalue weighted by atomic mass is 35.5. The van der Waals surface area contributed by atoms with Gasteiger partial charge in [0, 0.05) is 48.9 Å². The summed E-state index contributed by atoms with van der Waals surface area (Å²) >= 11 is 6.60. The number of likely N-dealkylation sites (tertiary alicyclic amines) is 1. The average molecular weight is 543 g/mol. The monoisotopic (exact) mass is 542 g/mol. The van der Waals surface area contributed by atoms with Gasteiger partial charge in [0.15, 0.2) is 0 Å². The largest absolute Gasteiger partial charge is 0.470 e. The number of likely N-dealkylation sites (N-methyl/N-ethyl adjacent to an activating group) is 1. The summed E-state index contributed by atoms with van der Waals surface area (Å²) in [6.45, 7) is 3.40. The standard InChI is InChI=1S/C28H33ClF2N6O/c1-36-13-4-9-23(36)25(28(27(30)31)16-32-11-12-35-28)38-26-19-10-14-37(15-21(19)33-17-34-26)22-8-3-6-18-5-2-7-20(29)24(18)22/h2-3,5-8,17,23,25,27,32,35H,4,9-16H2,1H3/t23-,25?,28+/m0/s1. The Morgan fingerprint density at radius 2 is 1.97 bits per heavy atom. The van der Waals surface area contributed by atoms with Gasteiger partial charge >= 0.3 is 0 Å². The smallest absolute Gasteiger partial charge is 0.261 e. The van der Waals surface area contributed by atoms with E-state index in [4.69, 9.17) is 16.3 Å². The number of benzene rings is 2. The summed E-state index contributed by atoms with van der Waals surface area (Å²) in [4.78, 5) is 13.5. The SMILES string of the molecule is CN1CCC[C@H]1C(Oc1ncnc2c1CCN(c1cccc3cccc(Cl)c13)C2)[C@@]1(C(F)F)CNCCN1. The molecule has 3 aliphatic rings. The molecular formula is C28H33ClF2N6O. The number of hydrogen-bond donors (Lipinski definition) is 2. The van der Waals surface area contributed by atoms with E-state index in [2.05, 4.69) is 48.6 Å². The zero-order valence-corrected chi connectivity index (χ0v) is 22.2.